The maximum Gasteiger partial charge on any atom is 0.262 e. The van der Waals surface area contributed by atoms with E-state index in [0.29, 0.717) is 29.8 Å². The number of carbonyl (C=O) groups excluding carboxylic acids is 2. The highest BCUT2D eigenvalue weighted by Gasteiger charge is 2.26. The van der Waals surface area contributed by atoms with E-state index >= 15 is 0 Å². The van der Waals surface area contributed by atoms with Crippen molar-refractivity contribution in [3.8, 4) is 0 Å². The van der Waals surface area contributed by atoms with Gasteiger partial charge in [-0.2, -0.15) is 0 Å². The lowest BCUT2D eigenvalue weighted by Crippen LogP contribution is -2.50. The van der Waals surface area contributed by atoms with Crippen molar-refractivity contribution < 1.29 is 9.59 Å². The van der Waals surface area contributed by atoms with Gasteiger partial charge in [-0.25, -0.2) is 0 Å². The Morgan fingerprint density at radius 3 is 2.84 bits per heavy atom. The van der Waals surface area contributed by atoms with Gasteiger partial charge in [-0.15, -0.1) is 11.3 Å². The lowest BCUT2D eigenvalue weighted by atomic mass is 9.96. The summed E-state index contributed by atoms with van der Waals surface area (Å²) in [6.07, 6.45) is 4.66. The van der Waals surface area contributed by atoms with Crippen molar-refractivity contribution in [1.29, 1.82) is 0 Å². The predicted molar refractivity (Wildman–Crippen MR) is 130 cm³/mol. The van der Waals surface area contributed by atoms with Gasteiger partial charge < -0.3 is 20.5 Å². The third kappa shape index (κ3) is 5.40. The van der Waals surface area contributed by atoms with Crippen molar-refractivity contribution in [2.24, 2.45) is 5.92 Å². The number of nitrogens with zero attached hydrogens (tertiary/aromatic N) is 1. The fraction of sp³-hybridized carbons (Fsp3) is 0.440. The number of rotatable bonds is 8. The summed E-state index contributed by atoms with van der Waals surface area (Å²) in [5.74, 6) is 0.113. The van der Waals surface area contributed by atoms with Crippen molar-refractivity contribution in [3.05, 3.63) is 58.4 Å². The monoisotopic (exact) mass is 452 g/mol. The molecule has 0 bridgehead atoms. The van der Waals surface area contributed by atoms with Crippen molar-refractivity contribution in [3.63, 3.8) is 0 Å². The van der Waals surface area contributed by atoms with Crippen LogP contribution in [0.4, 0.5) is 0 Å². The first kappa shape index (κ1) is 22.6. The molecule has 0 aliphatic carbocycles. The van der Waals surface area contributed by atoms with Crippen LogP contribution in [0.3, 0.4) is 0 Å². The molecule has 1 saturated heterocycles. The van der Waals surface area contributed by atoms with Gasteiger partial charge in [0.15, 0.2) is 0 Å². The first-order valence-electron chi connectivity index (χ1n) is 11.4. The fourth-order valence-corrected chi connectivity index (χ4v) is 5.09. The quantitative estimate of drug-likeness (QED) is 0.486. The van der Waals surface area contributed by atoms with E-state index in [1.807, 2.05) is 41.9 Å². The molecule has 3 aromatic rings. The number of fused-ring (bicyclic) bond motifs is 1. The lowest BCUT2D eigenvalue weighted by molar-refractivity contribution is -0.123. The molecule has 2 unspecified atom stereocenters. The van der Waals surface area contributed by atoms with Crippen LogP contribution in [0.5, 0.6) is 0 Å². The molecule has 32 heavy (non-hydrogen) atoms. The average molecular weight is 453 g/mol. The standard InChI is InChI=1S/C25H32N4O2S/c1-17(2)29-11-5-7-18(16-29)14-27-24(30)22(28-25(31)23-10-6-12-32-23)13-19-15-26-21-9-4-3-8-20(19)21/h3-4,6,8-10,12,15,17-18,22,26H,5,7,11,13-14,16H2,1-2H3,(H,27,30)(H,28,31). The Labute approximate surface area is 193 Å². The normalized spacial score (nSPS) is 18.0. The number of nitrogens with one attached hydrogen (secondary N) is 3. The maximum atomic E-state index is 13.2. The van der Waals surface area contributed by atoms with Crippen LogP contribution in [0, 0.1) is 5.92 Å². The van der Waals surface area contributed by atoms with Gasteiger partial charge in [-0.3, -0.25) is 9.59 Å². The number of likely N-dealkylation sites (tertiary alicyclic amines) is 1. The molecule has 1 aliphatic rings. The molecule has 2 atom stereocenters. The first-order chi connectivity index (χ1) is 15.5. The van der Waals surface area contributed by atoms with Crippen LogP contribution in [0.15, 0.2) is 48.0 Å². The van der Waals surface area contributed by atoms with Gasteiger partial charge in [0, 0.05) is 42.7 Å². The second-order valence-corrected chi connectivity index (χ2v) is 9.86. The van der Waals surface area contributed by atoms with Gasteiger partial charge in [0.1, 0.15) is 6.04 Å². The summed E-state index contributed by atoms with van der Waals surface area (Å²) in [6.45, 7) is 7.21. The molecule has 6 nitrogen and oxygen atoms in total. The van der Waals surface area contributed by atoms with Gasteiger partial charge in [-0.1, -0.05) is 24.3 Å². The maximum absolute atomic E-state index is 13.2. The molecule has 0 radical (unpaired) electrons. The summed E-state index contributed by atoms with van der Waals surface area (Å²) < 4.78 is 0. The first-order valence-corrected chi connectivity index (χ1v) is 12.3. The Hall–Kier alpha value is -2.64. The zero-order valence-electron chi connectivity index (χ0n) is 18.8. The number of benzene rings is 1. The highest BCUT2D eigenvalue weighted by molar-refractivity contribution is 7.12. The number of carbonyl (C=O) groups is 2. The van der Waals surface area contributed by atoms with Gasteiger partial charge >= 0.3 is 0 Å². The second kappa shape index (κ2) is 10.3. The molecule has 3 heterocycles. The SMILES string of the molecule is CC(C)N1CCCC(CNC(=O)C(Cc2c[nH]c3ccccc23)NC(=O)c2cccs2)C1. The van der Waals surface area contributed by atoms with E-state index in [4.69, 9.17) is 0 Å². The zero-order chi connectivity index (χ0) is 22.5. The molecular formula is C25H32N4O2S. The van der Waals surface area contributed by atoms with Crippen molar-refractivity contribution in [2.45, 2.75) is 45.2 Å². The van der Waals surface area contributed by atoms with Crippen molar-refractivity contribution >= 4 is 34.1 Å². The molecule has 2 amide bonds. The summed E-state index contributed by atoms with van der Waals surface area (Å²) in [7, 11) is 0. The van der Waals surface area contributed by atoms with E-state index in [1.54, 1.807) is 6.07 Å². The van der Waals surface area contributed by atoms with E-state index in [0.717, 1.165) is 42.4 Å². The van der Waals surface area contributed by atoms with E-state index in [1.165, 1.54) is 11.3 Å². The number of H-pyrrole nitrogens is 1. The molecular weight excluding hydrogens is 420 g/mol. The molecule has 3 N–H and O–H groups in total. The highest BCUT2D eigenvalue weighted by Crippen LogP contribution is 2.20. The molecule has 4 rings (SSSR count). The Balaban J connectivity index is 1.45. The molecule has 0 saturated carbocycles. The Morgan fingerprint density at radius 1 is 1.22 bits per heavy atom. The minimum Gasteiger partial charge on any atom is -0.361 e. The van der Waals surface area contributed by atoms with Crippen molar-refractivity contribution in [2.75, 3.05) is 19.6 Å². The Morgan fingerprint density at radius 2 is 2.06 bits per heavy atom. The van der Waals surface area contributed by atoms with Gasteiger partial charge in [0.25, 0.3) is 5.91 Å². The molecule has 7 heteroatoms. The smallest absolute Gasteiger partial charge is 0.262 e. The molecule has 1 aliphatic heterocycles. The van der Waals surface area contributed by atoms with Gasteiger partial charge in [0.2, 0.25) is 5.91 Å². The van der Waals surface area contributed by atoms with Gasteiger partial charge in [-0.05, 0) is 62.2 Å². The molecule has 1 aromatic carbocycles. The van der Waals surface area contributed by atoms with E-state index in [2.05, 4.69) is 34.4 Å². The minimum atomic E-state index is -0.631. The van der Waals surface area contributed by atoms with Crippen LogP contribution in [-0.2, 0) is 11.2 Å². The second-order valence-electron chi connectivity index (χ2n) is 8.91. The fourth-order valence-electron chi connectivity index (χ4n) is 4.47. The summed E-state index contributed by atoms with van der Waals surface area (Å²) in [4.78, 5) is 32.3. The molecule has 1 fully saturated rings. The van der Waals surface area contributed by atoms with E-state index in [9.17, 15) is 9.59 Å². The molecule has 170 valence electrons. The van der Waals surface area contributed by atoms with Crippen LogP contribution in [0.25, 0.3) is 10.9 Å². The number of aromatic amines is 1. The van der Waals surface area contributed by atoms with Crippen LogP contribution < -0.4 is 10.6 Å². The number of hydrogen-bond acceptors (Lipinski definition) is 4. The van der Waals surface area contributed by atoms with Crippen LogP contribution >= 0.6 is 11.3 Å². The van der Waals surface area contributed by atoms with E-state index in [-0.39, 0.29) is 11.8 Å². The van der Waals surface area contributed by atoms with E-state index < -0.39 is 6.04 Å². The summed E-state index contributed by atoms with van der Waals surface area (Å²) >= 11 is 1.38. The third-order valence-electron chi connectivity index (χ3n) is 6.31. The third-order valence-corrected chi connectivity index (χ3v) is 7.18. The molecule has 0 spiro atoms. The largest absolute Gasteiger partial charge is 0.361 e. The minimum absolute atomic E-state index is 0.123. The number of hydrogen-bond donors (Lipinski definition) is 3. The van der Waals surface area contributed by atoms with Gasteiger partial charge in [0.05, 0.1) is 4.88 Å². The summed E-state index contributed by atoms with van der Waals surface area (Å²) in [6, 6.07) is 11.5. The highest BCUT2D eigenvalue weighted by atomic mass is 32.1. The zero-order valence-corrected chi connectivity index (χ0v) is 19.6. The number of thiophene rings is 1. The summed E-state index contributed by atoms with van der Waals surface area (Å²) in [5, 5.41) is 9.06. The Bertz CT molecular complexity index is 1040. The number of piperidine rings is 1. The number of para-hydroxylation sites is 1. The Kier molecular flexibility index (Phi) is 7.27. The number of amides is 2. The van der Waals surface area contributed by atoms with Crippen LogP contribution in [0.1, 0.15) is 41.9 Å². The number of aromatic nitrogens is 1. The predicted octanol–water partition coefficient (Wildman–Crippen LogP) is 3.81. The van der Waals surface area contributed by atoms with Crippen molar-refractivity contribution in [1.82, 2.24) is 20.5 Å². The topological polar surface area (TPSA) is 77.2 Å². The summed E-state index contributed by atoms with van der Waals surface area (Å²) in [5.41, 5.74) is 2.05. The van der Waals surface area contributed by atoms with Crippen LogP contribution in [0.2, 0.25) is 0 Å². The lowest BCUT2D eigenvalue weighted by Gasteiger charge is -2.35. The average Bonchev–Trinajstić information content (AvgIpc) is 3.48. The van der Waals surface area contributed by atoms with Crippen LogP contribution in [-0.4, -0.2) is 53.4 Å². The molecule has 2 aromatic heterocycles.